The van der Waals surface area contributed by atoms with Gasteiger partial charge in [-0.05, 0) is 35.6 Å². The van der Waals surface area contributed by atoms with Gasteiger partial charge in [-0.3, -0.25) is 0 Å². The Labute approximate surface area is 139 Å². The standard InChI is InChI=1S/C19H27NO3/c1-5-23-18(21)9-7-15-6-8-16(19(2,3)4)14-17(15)20-10-12-22-13-11-20/h6-9,14H,5,10-13H2,1-4H3/b9-7+. The molecule has 126 valence electrons. The topological polar surface area (TPSA) is 38.8 Å². The molecule has 4 nitrogen and oxygen atoms in total. The van der Waals surface area contributed by atoms with Crippen molar-refractivity contribution < 1.29 is 14.3 Å². The van der Waals surface area contributed by atoms with Gasteiger partial charge in [0.1, 0.15) is 0 Å². The van der Waals surface area contributed by atoms with Crippen LogP contribution in [0.2, 0.25) is 0 Å². The predicted molar refractivity (Wildman–Crippen MR) is 93.8 cm³/mol. The van der Waals surface area contributed by atoms with Crippen LogP contribution < -0.4 is 4.90 Å². The largest absolute Gasteiger partial charge is 0.463 e. The molecule has 0 amide bonds. The first-order valence-corrected chi connectivity index (χ1v) is 8.24. The van der Waals surface area contributed by atoms with E-state index in [0.717, 1.165) is 37.6 Å². The molecule has 4 heteroatoms. The fourth-order valence-electron chi connectivity index (χ4n) is 2.58. The summed E-state index contributed by atoms with van der Waals surface area (Å²) in [4.78, 5) is 13.9. The molecular formula is C19H27NO3. The van der Waals surface area contributed by atoms with E-state index < -0.39 is 0 Å². The summed E-state index contributed by atoms with van der Waals surface area (Å²) in [5.74, 6) is -0.305. The Morgan fingerprint density at radius 1 is 1.30 bits per heavy atom. The van der Waals surface area contributed by atoms with Gasteiger partial charge in [0.2, 0.25) is 0 Å². The van der Waals surface area contributed by atoms with Crippen molar-refractivity contribution in [1.82, 2.24) is 0 Å². The number of rotatable bonds is 4. The van der Waals surface area contributed by atoms with Crippen LogP contribution in [-0.2, 0) is 19.7 Å². The van der Waals surface area contributed by atoms with E-state index in [2.05, 4.69) is 43.9 Å². The smallest absolute Gasteiger partial charge is 0.330 e. The van der Waals surface area contributed by atoms with Crippen LogP contribution in [0.3, 0.4) is 0 Å². The maximum Gasteiger partial charge on any atom is 0.330 e. The van der Waals surface area contributed by atoms with E-state index in [1.165, 1.54) is 11.6 Å². The number of anilines is 1. The van der Waals surface area contributed by atoms with E-state index >= 15 is 0 Å². The molecule has 1 saturated heterocycles. The molecule has 0 aliphatic carbocycles. The Morgan fingerprint density at radius 2 is 2.00 bits per heavy atom. The van der Waals surface area contributed by atoms with Gasteiger partial charge in [-0.25, -0.2) is 4.79 Å². The van der Waals surface area contributed by atoms with Crippen LogP contribution in [0.4, 0.5) is 5.69 Å². The van der Waals surface area contributed by atoms with Crippen molar-refractivity contribution in [2.45, 2.75) is 33.1 Å². The van der Waals surface area contributed by atoms with Crippen molar-refractivity contribution in [3.05, 3.63) is 35.4 Å². The zero-order valence-electron chi connectivity index (χ0n) is 14.6. The molecule has 0 unspecified atom stereocenters. The third kappa shape index (κ3) is 4.83. The van der Waals surface area contributed by atoms with E-state index in [9.17, 15) is 4.79 Å². The zero-order valence-corrected chi connectivity index (χ0v) is 14.6. The van der Waals surface area contributed by atoms with E-state index in [0.29, 0.717) is 6.61 Å². The second-order valence-electron chi connectivity index (χ2n) is 6.71. The summed E-state index contributed by atoms with van der Waals surface area (Å²) in [7, 11) is 0. The van der Waals surface area contributed by atoms with Gasteiger partial charge in [0.15, 0.2) is 0 Å². The summed E-state index contributed by atoms with van der Waals surface area (Å²) < 4.78 is 10.4. The molecule has 1 aliphatic heterocycles. The molecule has 1 aliphatic rings. The molecule has 2 rings (SSSR count). The minimum Gasteiger partial charge on any atom is -0.463 e. The van der Waals surface area contributed by atoms with Crippen LogP contribution in [0.5, 0.6) is 0 Å². The van der Waals surface area contributed by atoms with Crippen molar-refractivity contribution >= 4 is 17.7 Å². The molecule has 23 heavy (non-hydrogen) atoms. The number of carbonyl (C=O) groups is 1. The molecule has 0 aromatic heterocycles. The molecule has 0 radical (unpaired) electrons. The van der Waals surface area contributed by atoms with Crippen LogP contribution in [-0.4, -0.2) is 38.9 Å². The van der Waals surface area contributed by atoms with Crippen molar-refractivity contribution in [3.8, 4) is 0 Å². The Morgan fingerprint density at radius 3 is 2.61 bits per heavy atom. The second-order valence-corrected chi connectivity index (χ2v) is 6.71. The fourth-order valence-corrected chi connectivity index (χ4v) is 2.58. The molecule has 1 heterocycles. The molecule has 0 saturated carbocycles. The Balaban J connectivity index is 2.34. The highest BCUT2D eigenvalue weighted by atomic mass is 16.5. The summed E-state index contributed by atoms with van der Waals surface area (Å²) in [6.45, 7) is 12.0. The summed E-state index contributed by atoms with van der Waals surface area (Å²) in [5, 5.41) is 0. The first kappa shape index (κ1) is 17.5. The molecule has 0 bridgehead atoms. The fraction of sp³-hybridized carbons (Fsp3) is 0.526. The molecule has 1 fully saturated rings. The molecule has 0 spiro atoms. The van der Waals surface area contributed by atoms with Crippen LogP contribution in [0, 0.1) is 0 Å². The highest BCUT2D eigenvalue weighted by molar-refractivity contribution is 5.88. The van der Waals surface area contributed by atoms with Crippen LogP contribution >= 0.6 is 0 Å². The van der Waals surface area contributed by atoms with E-state index in [4.69, 9.17) is 9.47 Å². The SMILES string of the molecule is CCOC(=O)/C=C/c1ccc(C(C)(C)C)cc1N1CCOCC1. The maximum atomic E-state index is 11.6. The lowest BCUT2D eigenvalue weighted by Gasteiger charge is -2.32. The van der Waals surface area contributed by atoms with Crippen LogP contribution in [0.1, 0.15) is 38.8 Å². The molecule has 0 N–H and O–H groups in total. The lowest BCUT2D eigenvalue weighted by Crippen LogP contribution is -2.36. The van der Waals surface area contributed by atoms with Gasteiger partial charge in [-0.15, -0.1) is 0 Å². The lowest BCUT2D eigenvalue weighted by atomic mass is 9.86. The average Bonchev–Trinajstić information content (AvgIpc) is 2.53. The Bertz CT molecular complexity index is 566. The van der Waals surface area contributed by atoms with Gasteiger partial charge in [0, 0.05) is 24.9 Å². The first-order valence-electron chi connectivity index (χ1n) is 8.24. The molecular weight excluding hydrogens is 290 g/mol. The third-order valence-corrected chi connectivity index (χ3v) is 3.93. The lowest BCUT2D eigenvalue weighted by molar-refractivity contribution is -0.137. The van der Waals surface area contributed by atoms with Gasteiger partial charge in [0.25, 0.3) is 0 Å². The molecule has 1 aromatic rings. The number of esters is 1. The quantitative estimate of drug-likeness (QED) is 0.630. The summed E-state index contributed by atoms with van der Waals surface area (Å²) in [6, 6.07) is 6.45. The van der Waals surface area contributed by atoms with Crippen molar-refractivity contribution in [1.29, 1.82) is 0 Å². The summed E-state index contributed by atoms with van der Waals surface area (Å²) >= 11 is 0. The van der Waals surface area contributed by atoms with E-state index in [1.54, 1.807) is 0 Å². The van der Waals surface area contributed by atoms with Crippen molar-refractivity contribution in [2.24, 2.45) is 0 Å². The number of hydrogen-bond acceptors (Lipinski definition) is 4. The zero-order chi connectivity index (χ0) is 16.9. The minimum absolute atomic E-state index is 0.0877. The van der Waals surface area contributed by atoms with Gasteiger partial charge in [0.05, 0.1) is 19.8 Å². The number of morpholine rings is 1. The minimum atomic E-state index is -0.305. The first-order chi connectivity index (χ1) is 10.9. The highest BCUT2D eigenvalue weighted by Gasteiger charge is 2.19. The Hall–Kier alpha value is -1.81. The van der Waals surface area contributed by atoms with Crippen LogP contribution in [0.15, 0.2) is 24.3 Å². The van der Waals surface area contributed by atoms with Gasteiger partial charge < -0.3 is 14.4 Å². The summed E-state index contributed by atoms with van der Waals surface area (Å²) in [6.07, 6.45) is 3.34. The number of carbonyl (C=O) groups excluding carboxylic acids is 1. The normalized spacial score (nSPS) is 15.9. The number of ether oxygens (including phenoxy) is 2. The number of benzene rings is 1. The van der Waals surface area contributed by atoms with E-state index in [-0.39, 0.29) is 11.4 Å². The number of nitrogens with zero attached hydrogens (tertiary/aromatic N) is 1. The van der Waals surface area contributed by atoms with Gasteiger partial charge in [-0.1, -0.05) is 32.9 Å². The predicted octanol–water partition coefficient (Wildman–Crippen LogP) is 3.40. The summed E-state index contributed by atoms with van der Waals surface area (Å²) in [5.41, 5.74) is 3.56. The molecule has 1 aromatic carbocycles. The number of hydrogen-bond donors (Lipinski definition) is 0. The van der Waals surface area contributed by atoms with Gasteiger partial charge in [-0.2, -0.15) is 0 Å². The third-order valence-electron chi connectivity index (χ3n) is 3.93. The Kier molecular flexibility index (Phi) is 5.83. The van der Waals surface area contributed by atoms with Crippen LogP contribution in [0.25, 0.3) is 6.08 Å². The monoisotopic (exact) mass is 317 g/mol. The second kappa shape index (κ2) is 7.64. The van der Waals surface area contributed by atoms with Crippen molar-refractivity contribution in [2.75, 3.05) is 37.8 Å². The molecule has 0 atom stereocenters. The average molecular weight is 317 g/mol. The maximum absolute atomic E-state index is 11.6. The van der Waals surface area contributed by atoms with Crippen molar-refractivity contribution in [3.63, 3.8) is 0 Å². The van der Waals surface area contributed by atoms with E-state index in [1.807, 2.05) is 13.0 Å². The highest BCUT2D eigenvalue weighted by Crippen LogP contribution is 2.30. The van der Waals surface area contributed by atoms with Gasteiger partial charge >= 0.3 is 5.97 Å².